The van der Waals surface area contributed by atoms with Gasteiger partial charge in [0.2, 0.25) is 15.9 Å². The summed E-state index contributed by atoms with van der Waals surface area (Å²) in [6.45, 7) is 3.83. The van der Waals surface area contributed by atoms with E-state index in [9.17, 15) is 21.6 Å². The van der Waals surface area contributed by atoms with Crippen LogP contribution in [0.2, 0.25) is 0 Å². The van der Waals surface area contributed by atoms with Gasteiger partial charge >= 0.3 is 0 Å². The molecule has 0 aromatic heterocycles. The van der Waals surface area contributed by atoms with Crippen molar-refractivity contribution in [1.82, 2.24) is 9.62 Å². The van der Waals surface area contributed by atoms with Gasteiger partial charge in [0, 0.05) is 25.0 Å². The zero-order valence-electron chi connectivity index (χ0n) is 12.7. The van der Waals surface area contributed by atoms with Crippen LogP contribution in [-0.4, -0.2) is 63.4 Å². The first-order chi connectivity index (χ1) is 9.55. The van der Waals surface area contributed by atoms with E-state index >= 15 is 0 Å². The molecular weight excluding hydrogens is 316 g/mol. The zero-order chi connectivity index (χ0) is 16.3. The second kappa shape index (κ2) is 7.06. The van der Waals surface area contributed by atoms with Crippen molar-refractivity contribution in [3.63, 3.8) is 0 Å². The van der Waals surface area contributed by atoms with E-state index in [1.165, 1.54) is 0 Å². The van der Waals surface area contributed by atoms with Crippen LogP contribution in [0.3, 0.4) is 0 Å². The molecule has 1 rings (SSSR count). The number of hydrogen-bond donors (Lipinski definition) is 1. The fraction of sp³-hybridized carbons (Fsp3) is 0.917. The molecule has 0 spiro atoms. The molecule has 0 aliphatic carbocycles. The van der Waals surface area contributed by atoms with Gasteiger partial charge in [-0.05, 0) is 19.8 Å². The van der Waals surface area contributed by atoms with Gasteiger partial charge in [0.1, 0.15) is 0 Å². The molecule has 1 aliphatic rings. The summed E-state index contributed by atoms with van der Waals surface area (Å²) in [5.41, 5.74) is 0. The number of sulfonamides is 1. The van der Waals surface area contributed by atoms with Gasteiger partial charge in [0.05, 0.1) is 17.8 Å². The maximum absolute atomic E-state index is 11.8. The predicted molar refractivity (Wildman–Crippen MR) is 81.1 cm³/mol. The van der Waals surface area contributed by atoms with Gasteiger partial charge in [-0.2, -0.15) is 4.31 Å². The summed E-state index contributed by atoms with van der Waals surface area (Å²) in [7, 11) is -6.71. The lowest BCUT2D eigenvalue weighted by Gasteiger charge is -2.25. The van der Waals surface area contributed by atoms with E-state index in [2.05, 4.69) is 5.32 Å². The standard InChI is InChI=1S/C12H24N2O5S2/c1-4-10(2)13-12(15)5-7-14(20(3,16)17)11-6-8-21(18,19)9-11/h10-11H,4-9H2,1-3H3,(H,13,15). The molecule has 124 valence electrons. The number of amides is 1. The van der Waals surface area contributed by atoms with Crippen LogP contribution in [-0.2, 0) is 24.7 Å². The van der Waals surface area contributed by atoms with Crippen molar-refractivity contribution in [2.75, 3.05) is 24.3 Å². The van der Waals surface area contributed by atoms with Crippen LogP contribution in [0.4, 0.5) is 0 Å². The van der Waals surface area contributed by atoms with Crippen molar-refractivity contribution in [2.24, 2.45) is 0 Å². The van der Waals surface area contributed by atoms with Crippen molar-refractivity contribution < 1.29 is 21.6 Å². The molecule has 0 aromatic carbocycles. The Labute approximate surface area is 127 Å². The van der Waals surface area contributed by atoms with Crippen LogP contribution < -0.4 is 5.32 Å². The average Bonchev–Trinajstić information content (AvgIpc) is 2.67. The summed E-state index contributed by atoms with van der Waals surface area (Å²) < 4.78 is 47.8. The van der Waals surface area contributed by atoms with E-state index in [0.717, 1.165) is 17.0 Å². The molecule has 1 heterocycles. The van der Waals surface area contributed by atoms with Gasteiger partial charge in [-0.3, -0.25) is 4.79 Å². The molecule has 2 unspecified atom stereocenters. The molecule has 1 N–H and O–H groups in total. The Balaban J connectivity index is 2.67. The summed E-state index contributed by atoms with van der Waals surface area (Å²) in [5, 5.41) is 2.76. The summed E-state index contributed by atoms with van der Waals surface area (Å²) in [4.78, 5) is 11.7. The summed E-state index contributed by atoms with van der Waals surface area (Å²) in [5.74, 6) is -0.380. The Kier molecular flexibility index (Phi) is 6.18. The minimum Gasteiger partial charge on any atom is -0.354 e. The number of carbonyl (C=O) groups excluding carboxylic acids is 1. The van der Waals surface area contributed by atoms with Gasteiger partial charge < -0.3 is 5.32 Å². The quantitative estimate of drug-likeness (QED) is 0.688. The lowest BCUT2D eigenvalue weighted by Crippen LogP contribution is -2.43. The second-order valence-electron chi connectivity index (χ2n) is 5.56. The molecule has 1 saturated heterocycles. The number of sulfone groups is 1. The molecule has 0 saturated carbocycles. The van der Waals surface area contributed by atoms with E-state index in [-0.39, 0.29) is 36.4 Å². The van der Waals surface area contributed by atoms with Crippen molar-refractivity contribution in [3.8, 4) is 0 Å². The summed E-state index contributed by atoms with van der Waals surface area (Å²) in [6, 6.07) is -0.516. The Morgan fingerprint density at radius 1 is 1.43 bits per heavy atom. The maximum Gasteiger partial charge on any atom is 0.221 e. The normalized spacial score (nSPS) is 23.1. The van der Waals surface area contributed by atoms with E-state index < -0.39 is 25.9 Å². The lowest BCUT2D eigenvalue weighted by atomic mass is 10.2. The third kappa shape index (κ3) is 5.91. The highest BCUT2D eigenvalue weighted by Crippen LogP contribution is 2.20. The van der Waals surface area contributed by atoms with Gasteiger partial charge in [-0.25, -0.2) is 16.8 Å². The van der Waals surface area contributed by atoms with Crippen molar-refractivity contribution in [1.29, 1.82) is 0 Å². The molecule has 7 nitrogen and oxygen atoms in total. The molecule has 1 amide bonds. The SMILES string of the molecule is CCC(C)NC(=O)CCN(C1CCS(=O)(=O)C1)S(C)(=O)=O. The highest BCUT2D eigenvalue weighted by atomic mass is 32.2. The summed E-state index contributed by atoms with van der Waals surface area (Å²) in [6.07, 6.45) is 2.17. The Morgan fingerprint density at radius 3 is 2.48 bits per heavy atom. The van der Waals surface area contributed by atoms with E-state index in [4.69, 9.17) is 0 Å². The minimum atomic E-state index is -3.54. The molecule has 2 atom stereocenters. The van der Waals surface area contributed by atoms with Gasteiger partial charge in [0.15, 0.2) is 9.84 Å². The van der Waals surface area contributed by atoms with Crippen LogP contribution in [0, 0.1) is 0 Å². The largest absolute Gasteiger partial charge is 0.354 e. The highest BCUT2D eigenvalue weighted by Gasteiger charge is 2.36. The molecule has 9 heteroatoms. The zero-order valence-corrected chi connectivity index (χ0v) is 14.3. The molecule has 21 heavy (non-hydrogen) atoms. The molecular formula is C12H24N2O5S2. The average molecular weight is 340 g/mol. The minimum absolute atomic E-state index is 0.00273. The molecule has 1 aliphatic heterocycles. The van der Waals surface area contributed by atoms with Crippen LogP contribution in [0.1, 0.15) is 33.1 Å². The number of nitrogens with zero attached hydrogens (tertiary/aromatic N) is 1. The van der Waals surface area contributed by atoms with Crippen molar-refractivity contribution >= 4 is 25.8 Å². The van der Waals surface area contributed by atoms with E-state index in [1.807, 2.05) is 13.8 Å². The fourth-order valence-corrected chi connectivity index (χ4v) is 5.25. The van der Waals surface area contributed by atoms with E-state index in [0.29, 0.717) is 6.42 Å². The second-order valence-corrected chi connectivity index (χ2v) is 9.72. The predicted octanol–water partition coefficient (Wildman–Crippen LogP) is -0.260. The number of nitrogens with one attached hydrogen (secondary N) is 1. The van der Waals surface area contributed by atoms with Crippen molar-refractivity contribution in [3.05, 3.63) is 0 Å². The first-order valence-electron chi connectivity index (χ1n) is 7.01. The number of hydrogen-bond acceptors (Lipinski definition) is 5. The lowest BCUT2D eigenvalue weighted by molar-refractivity contribution is -0.121. The monoisotopic (exact) mass is 340 g/mol. The van der Waals surface area contributed by atoms with Gasteiger partial charge in [-0.1, -0.05) is 6.92 Å². The van der Waals surface area contributed by atoms with Crippen LogP contribution in [0.5, 0.6) is 0 Å². The fourth-order valence-electron chi connectivity index (χ4n) is 2.28. The topological polar surface area (TPSA) is 101 Å². The van der Waals surface area contributed by atoms with Crippen molar-refractivity contribution in [2.45, 2.75) is 45.2 Å². The number of rotatable bonds is 7. The Bertz CT molecular complexity index is 570. The molecule has 1 fully saturated rings. The van der Waals surface area contributed by atoms with Crippen LogP contribution in [0.15, 0.2) is 0 Å². The maximum atomic E-state index is 11.8. The number of carbonyl (C=O) groups is 1. The Hall–Kier alpha value is -0.670. The third-order valence-corrected chi connectivity index (χ3v) is 6.70. The van der Waals surface area contributed by atoms with Crippen LogP contribution >= 0.6 is 0 Å². The molecule has 0 radical (unpaired) electrons. The third-order valence-electron chi connectivity index (χ3n) is 3.62. The smallest absolute Gasteiger partial charge is 0.221 e. The van der Waals surface area contributed by atoms with Crippen LogP contribution in [0.25, 0.3) is 0 Å². The van der Waals surface area contributed by atoms with E-state index in [1.54, 1.807) is 0 Å². The van der Waals surface area contributed by atoms with Gasteiger partial charge in [0.25, 0.3) is 0 Å². The van der Waals surface area contributed by atoms with Gasteiger partial charge in [-0.15, -0.1) is 0 Å². The molecule has 0 bridgehead atoms. The highest BCUT2D eigenvalue weighted by molar-refractivity contribution is 7.92. The summed E-state index contributed by atoms with van der Waals surface area (Å²) >= 11 is 0. The Morgan fingerprint density at radius 2 is 2.05 bits per heavy atom. The molecule has 0 aromatic rings. The first kappa shape index (κ1) is 18.4. The first-order valence-corrected chi connectivity index (χ1v) is 10.7.